The summed E-state index contributed by atoms with van der Waals surface area (Å²) in [7, 11) is 0. The zero-order valence-electron chi connectivity index (χ0n) is 13.7. The summed E-state index contributed by atoms with van der Waals surface area (Å²) in [4.78, 5) is 4.64. The molecule has 0 radical (unpaired) electrons. The highest BCUT2D eigenvalue weighted by Crippen LogP contribution is 2.17. The minimum Gasteiger partial charge on any atom is -0.508 e. The Balaban J connectivity index is 1.40. The molecule has 0 amide bonds. The van der Waals surface area contributed by atoms with Gasteiger partial charge in [0.05, 0.1) is 0 Å². The smallest absolute Gasteiger partial charge is 0.119 e. The standard InChI is InChI=1S/C19H24N2O3/c22-17-6-8-19(9-7-17)24-15-18(23)14-20-10-12-21(13-11-20)16-4-2-1-3-5-16/h1-9,18,22-23H,10-15H2/t18-/m1/s1. The number of hydrogen-bond acceptors (Lipinski definition) is 5. The van der Waals surface area contributed by atoms with Crippen LogP contribution in [0.4, 0.5) is 5.69 Å². The predicted molar refractivity (Wildman–Crippen MR) is 94.7 cm³/mol. The highest BCUT2D eigenvalue weighted by atomic mass is 16.5. The first-order valence-corrected chi connectivity index (χ1v) is 8.33. The average molecular weight is 328 g/mol. The first-order chi connectivity index (χ1) is 11.7. The van der Waals surface area contributed by atoms with E-state index in [1.165, 1.54) is 5.69 Å². The molecule has 1 aliphatic heterocycles. The zero-order valence-corrected chi connectivity index (χ0v) is 13.7. The molecule has 0 aromatic heterocycles. The number of phenols is 1. The molecule has 0 unspecified atom stereocenters. The number of aliphatic hydroxyl groups is 1. The van der Waals surface area contributed by atoms with Crippen LogP contribution in [0.1, 0.15) is 0 Å². The van der Waals surface area contributed by atoms with E-state index in [-0.39, 0.29) is 12.4 Å². The Kier molecular flexibility index (Phi) is 5.56. The summed E-state index contributed by atoms with van der Waals surface area (Å²) in [6, 6.07) is 17.0. The van der Waals surface area contributed by atoms with Crippen molar-refractivity contribution in [2.24, 2.45) is 0 Å². The first kappa shape index (κ1) is 16.6. The van der Waals surface area contributed by atoms with Crippen molar-refractivity contribution in [1.29, 1.82) is 0 Å². The maximum Gasteiger partial charge on any atom is 0.119 e. The topological polar surface area (TPSA) is 56.2 Å². The molecule has 24 heavy (non-hydrogen) atoms. The van der Waals surface area contributed by atoms with Gasteiger partial charge in [0, 0.05) is 38.4 Å². The van der Waals surface area contributed by atoms with Crippen molar-refractivity contribution in [3.05, 3.63) is 54.6 Å². The number of hydrogen-bond donors (Lipinski definition) is 2. The van der Waals surface area contributed by atoms with Crippen LogP contribution < -0.4 is 9.64 Å². The number of rotatable bonds is 6. The number of aliphatic hydroxyl groups excluding tert-OH is 1. The highest BCUT2D eigenvalue weighted by molar-refractivity contribution is 5.46. The summed E-state index contributed by atoms with van der Waals surface area (Å²) in [5, 5.41) is 19.4. The van der Waals surface area contributed by atoms with Gasteiger partial charge in [-0.05, 0) is 36.4 Å². The number of nitrogens with zero attached hydrogens (tertiary/aromatic N) is 2. The van der Waals surface area contributed by atoms with Crippen molar-refractivity contribution < 1.29 is 14.9 Å². The summed E-state index contributed by atoms with van der Waals surface area (Å²) >= 11 is 0. The Hall–Kier alpha value is -2.24. The maximum absolute atomic E-state index is 10.2. The molecule has 3 rings (SSSR count). The van der Waals surface area contributed by atoms with Crippen LogP contribution in [-0.2, 0) is 0 Å². The molecule has 1 fully saturated rings. The molecule has 2 aromatic rings. The lowest BCUT2D eigenvalue weighted by atomic mass is 10.2. The van der Waals surface area contributed by atoms with Crippen LogP contribution in [0.2, 0.25) is 0 Å². The summed E-state index contributed by atoms with van der Waals surface area (Å²) in [6.07, 6.45) is -0.526. The summed E-state index contributed by atoms with van der Waals surface area (Å²) in [5.41, 5.74) is 1.26. The fraction of sp³-hybridized carbons (Fsp3) is 0.368. The average Bonchev–Trinajstić information content (AvgIpc) is 2.63. The third kappa shape index (κ3) is 4.63. The summed E-state index contributed by atoms with van der Waals surface area (Å²) in [6.45, 7) is 4.67. The molecular formula is C19H24N2O3. The molecule has 5 heteroatoms. The minimum absolute atomic E-state index is 0.208. The minimum atomic E-state index is -0.526. The van der Waals surface area contributed by atoms with Crippen LogP contribution in [0.5, 0.6) is 11.5 Å². The fourth-order valence-corrected chi connectivity index (χ4v) is 2.91. The second-order valence-corrected chi connectivity index (χ2v) is 6.08. The molecule has 2 aromatic carbocycles. The fourth-order valence-electron chi connectivity index (χ4n) is 2.91. The van der Waals surface area contributed by atoms with Gasteiger partial charge in [-0.15, -0.1) is 0 Å². The molecular weight excluding hydrogens is 304 g/mol. The Morgan fingerprint density at radius 3 is 2.25 bits per heavy atom. The van der Waals surface area contributed by atoms with Crippen molar-refractivity contribution in [2.45, 2.75) is 6.10 Å². The second kappa shape index (κ2) is 8.04. The zero-order chi connectivity index (χ0) is 16.8. The Labute approximate surface area is 142 Å². The van der Waals surface area contributed by atoms with Crippen LogP contribution in [0.25, 0.3) is 0 Å². The molecule has 0 spiro atoms. The van der Waals surface area contributed by atoms with Crippen molar-refractivity contribution in [2.75, 3.05) is 44.2 Å². The number of ether oxygens (including phenoxy) is 1. The van der Waals surface area contributed by atoms with Crippen molar-refractivity contribution >= 4 is 5.69 Å². The normalized spacial score (nSPS) is 16.8. The Bertz CT molecular complexity index is 610. The number of β-amino-alcohol motifs (C(OH)–C–C–N with tert-alkyl or cyclic N) is 1. The number of piperazine rings is 1. The molecule has 1 saturated heterocycles. The second-order valence-electron chi connectivity index (χ2n) is 6.08. The monoisotopic (exact) mass is 328 g/mol. The third-order valence-electron chi connectivity index (χ3n) is 4.24. The Morgan fingerprint density at radius 2 is 1.58 bits per heavy atom. The van der Waals surface area contributed by atoms with Gasteiger partial charge in [-0.25, -0.2) is 0 Å². The molecule has 1 heterocycles. The molecule has 0 saturated carbocycles. The molecule has 128 valence electrons. The van der Waals surface area contributed by atoms with Crippen LogP contribution in [-0.4, -0.2) is 60.5 Å². The third-order valence-corrected chi connectivity index (χ3v) is 4.24. The quantitative estimate of drug-likeness (QED) is 0.849. The van der Waals surface area contributed by atoms with Crippen molar-refractivity contribution in [3.63, 3.8) is 0 Å². The van der Waals surface area contributed by atoms with Gasteiger partial charge in [0.25, 0.3) is 0 Å². The predicted octanol–water partition coefficient (Wildman–Crippen LogP) is 1.95. The number of anilines is 1. The first-order valence-electron chi connectivity index (χ1n) is 8.33. The van der Waals surface area contributed by atoms with Gasteiger partial charge in [0.2, 0.25) is 0 Å². The summed E-state index contributed by atoms with van der Waals surface area (Å²) in [5.74, 6) is 0.861. The van der Waals surface area contributed by atoms with Gasteiger partial charge < -0.3 is 19.8 Å². The largest absolute Gasteiger partial charge is 0.508 e. The molecule has 5 nitrogen and oxygen atoms in total. The van der Waals surface area contributed by atoms with Gasteiger partial charge in [0.1, 0.15) is 24.2 Å². The number of aromatic hydroxyl groups is 1. The lowest BCUT2D eigenvalue weighted by molar-refractivity contribution is 0.0663. The van der Waals surface area contributed by atoms with Gasteiger partial charge >= 0.3 is 0 Å². The van der Waals surface area contributed by atoms with E-state index in [1.807, 2.05) is 6.07 Å². The van der Waals surface area contributed by atoms with E-state index < -0.39 is 6.10 Å². The molecule has 1 aliphatic rings. The molecule has 2 N–H and O–H groups in total. The lowest BCUT2D eigenvalue weighted by Crippen LogP contribution is -2.49. The van der Waals surface area contributed by atoms with E-state index in [9.17, 15) is 10.2 Å². The van der Waals surface area contributed by atoms with Gasteiger partial charge in [-0.2, -0.15) is 0 Å². The van der Waals surface area contributed by atoms with Crippen LogP contribution in [0.15, 0.2) is 54.6 Å². The highest BCUT2D eigenvalue weighted by Gasteiger charge is 2.19. The number of benzene rings is 2. The lowest BCUT2D eigenvalue weighted by Gasteiger charge is -2.36. The van der Waals surface area contributed by atoms with E-state index in [0.29, 0.717) is 12.3 Å². The van der Waals surface area contributed by atoms with Gasteiger partial charge in [-0.1, -0.05) is 18.2 Å². The van der Waals surface area contributed by atoms with Crippen LogP contribution in [0.3, 0.4) is 0 Å². The maximum atomic E-state index is 10.2. The van der Waals surface area contributed by atoms with E-state index in [4.69, 9.17) is 4.74 Å². The Morgan fingerprint density at radius 1 is 0.917 bits per heavy atom. The van der Waals surface area contributed by atoms with Crippen LogP contribution >= 0.6 is 0 Å². The molecule has 0 aliphatic carbocycles. The molecule has 0 bridgehead atoms. The van der Waals surface area contributed by atoms with Crippen LogP contribution in [0, 0.1) is 0 Å². The van der Waals surface area contributed by atoms with E-state index >= 15 is 0 Å². The van der Waals surface area contributed by atoms with Gasteiger partial charge in [-0.3, -0.25) is 4.90 Å². The van der Waals surface area contributed by atoms with Crippen molar-refractivity contribution in [3.8, 4) is 11.5 Å². The number of para-hydroxylation sites is 1. The van der Waals surface area contributed by atoms with Gasteiger partial charge in [0.15, 0.2) is 0 Å². The van der Waals surface area contributed by atoms with E-state index in [1.54, 1.807) is 24.3 Å². The van der Waals surface area contributed by atoms with Crippen molar-refractivity contribution in [1.82, 2.24) is 4.90 Å². The van der Waals surface area contributed by atoms with E-state index in [0.717, 1.165) is 26.2 Å². The molecule has 1 atom stereocenters. The summed E-state index contributed by atoms with van der Waals surface area (Å²) < 4.78 is 5.56. The SMILES string of the molecule is Oc1ccc(OC[C@H](O)CN2CCN(c3ccccc3)CC2)cc1. The number of phenolic OH excluding ortho intramolecular Hbond substituents is 1. The van der Waals surface area contributed by atoms with E-state index in [2.05, 4.69) is 34.1 Å².